The molecule has 10 N–H and O–H groups in total. The SMILES string of the molecule is CC(C)C(N)C(=O)NC(CCC(N)=O)C(=O)NC(CCCCN)C(=O)NCC(=O)O. The first-order valence-electron chi connectivity index (χ1n) is 9.83. The average molecular weight is 431 g/mol. The molecule has 0 aromatic rings. The number of nitrogens with two attached hydrogens (primary N) is 3. The molecular formula is C18H34N6O6. The van der Waals surface area contributed by atoms with Gasteiger partial charge in [0.1, 0.15) is 18.6 Å². The number of nitrogens with one attached hydrogen (secondary N) is 3. The lowest BCUT2D eigenvalue weighted by atomic mass is 10.0. The third-order valence-electron chi connectivity index (χ3n) is 4.33. The summed E-state index contributed by atoms with van der Waals surface area (Å²) < 4.78 is 0. The molecule has 12 heteroatoms. The van der Waals surface area contributed by atoms with Crippen LogP contribution in [0.25, 0.3) is 0 Å². The molecule has 0 heterocycles. The van der Waals surface area contributed by atoms with Crippen LogP contribution in [0.3, 0.4) is 0 Å². The highest BCUT2D eigenvalue weighted by Crippen LogP contribution is 2.06. The Morgan fingerprint density at radius 2 is 1.47 bits per heavy atom. The van der Waals surface area contributed by atoms with Crippen LogP contribution >= 0.6 is 0 Å². The molecule has 0 saturated heterocycles. The fraction of sp³-hybridized carbons (Fsp3) is 0.722. The second-order valence-corrected chi connectivity index (χ2v) is 7.29. The van der Waals surface area contributed by atoms with Crippen molar-refractivity contribution in [2.75, 3.05) is 13.1 Å². The van der Waals surface area contributed by atoms with E-state index in [0.29, 0.717) is 19.4 Å². The summed E-state index contributed by atoms with van der Waals surface area (Å²) in [4.78, 5) is 59.1. The van der Waals surface area contributed by atoms with Gasteiger partial charge in [-0.2, -0.15) is 0 Å². The largest absolute Gasteiger partial charge is 0.480 e. The van der Waals surface area contributed by atoms with Crippen molar-refractivity contribution in [1.82, 2.24) is 16.0 Å². The van der Waals surface area contributed by atoms with E-state index in [0.717, 1.165) is 0 Å². The van der Waals surface area contributed by atoms with E-state index in [1.807, 2.05) is 0 Å². The van der Waals surface area contributed by atoms with Gasteiger partial charge in [-0.05, 0) is 38.1 Å². The van der Waals surface area contributed by atoms with Gasteiger partial charge in [0.15, 0.2) is 0 Å². The van der Waals surface area contributed by atoms with E-state index < -0.39 is 54.3 Å². The number of hydrogen-bond acceptors (Lipinski definition) is 7. The third kappa shape index (κ3) is 11.3. The van der Waals surface area contributed by atoms with Gasteiger partial charge < -0.3 is 38.3 Å². The van der Waals surface area contributed by atoms with Crippen LogP contribution in [0.15, 0.2) is 0 Å². The Morgan fingerprint density at radius 1 is 0.900 bits per heavy atom. The maximum absolute atomic E-state index is 12.7. The first kappa shape index (κ1) is 27.3. The van der Waals surface area contributed by atoms with Crippen LogP contribution in [-0.4, -0.2) is 65.9 Å². The van der Waals surface area contributed by atoms with Crippen molar-refractivity contribution in [3.8, 4) is 0 Å². The summed E-state index contributed by atoms with van der Waals surface area (Å²) >= 11 is 0. The topological polar surface area (TPSA) is 220 Å². The fourth-order valence-electron chi connectivity index (χ4n) is 2.45. The zero-order valence-corrected chi connectivity index (χ0v) is 17.5. The van der Waals surface area contributed by atoms with Crippen molar-refractivity contribution in [3.05, 3.63) is 0 Å². The minimum absolute atomic E-state index is 0.0794. The lowest BCUT2D eigenvalue weighted by Gasteiger charge is -2.24. The van der Waals surface area contributed by atoms with E-state index in [1.165, 1.54) is 0 Å². The number of primary amides is 1. The van der Waals surface area contributed by atoms with Crippen molar-refractivity contribution in [2.24, 2.45) is 23.1 Å². The van der Waals surface area contributed by atoms with Gasteiger partial charge in [0.25, 0.3) is 0 Å². The number of hydrogen-bond donors (Lipinski definition) is 7. The van der Waals surface area contributed by atoms with Gasteiger partial charge in [0.05, 0.1) is 6.04 Å². The maximum Gasteiger partial charge on any atom is 0.322 e. The van der Waals surface area contributed by atoms with Crippen molar-refractivity contribution >= 4 is 29.6 Å². The number of aliphatic carboxylic acids is 1. The zero-order chi connectivity index (χ0) is 23.3. The summed E-state index contributed by atoms with van der Waals surface area (Å²) in [6.45, 7) is 3.26. The summed E-state index contributed by atoms with van der Waals surface area (Å²) in [5, 5.41) is 15.9. The molecular weight excluding hydrogens is 396 g/mol. The fourth-order valence-corrected chi connectivity index (χ4v) is 2.45. The highest BCUT2D eigenvalue weighted by atomic mass is 16.4. The van der Waals surface area contributed by atoms with Gasteiger partial charge >= 0.3 is 5.97 Å². The minimum atomic E-state index is -1.23. The molecule has 0 fully saturated rings. The molecule has 0 radical (unpaired) electrons. The monoisotopic (exact) mass is 430 g/mol. The molecule has 0 saturated carbocycles. The van der Waals surface area contributed by atoms with Crippen LogP contribution in [0.5, 0.6) is 0 Å². The molecule has 4 amide bonds. The van der Waals surface area contributed by atoms with Crippen molar-refractivity contribution in [3.63, 3.8) is 0 Å². The molecule has 12 nitrogen and oxygen atoms in total. The Bertz CT molecular complexity index is 612. The Hall–Kier alpha value is -2.73. The van der Waals surface area contributed by atoms with E-state index >= 15 is 0 Å². The third-order valence-corrected chi connectivity index (χ3v) is 4.33. The summed E-state index contributed by atoms with van der Waals surface area (Å²) in [6.07, 6.45) is 1.08. The van der Waals surface area contributed by atoms with Crippen LogP contribution in [-0.2, 0) is 24.0 Å². The Labute approximate surface area is 175 Å². The van der Waals surface area contributed by atoms with E-state index in [4.69, 9.17) is 22.3 Å². The summed E-state index contributed by atoms with van der Waals surface area (Å²) in [5.74, 6) is -4.04. The van der Waals surface area contributed by atoms with Crippen molar-refractivity contribution < 1.29 is 29.1 Å². The van der Waals surface area contributed by atoms with Crippen molar-refractivity contribution in [1.29, 1.82) is 0 Å². The minimum Gasteiger partial charge on any atom is -0.480 e. The van der Waals surface area contributed by atoms with Crippen LogP contribution < -0.4 is 33.2 Å². The van der Waals surface area contributed by atoms with E-state index in [1.54, 1.807) is 13.8 Å². The van der Waals surface area contributed by atoms with Crippen molar-refractivity contribution in [2.45, 2.75) is 64.1 Å². The van der Waals surface area contributed by atoms with Gasteiger partial charge in [-0.1, -0.05) is 13.8 Å². The molecule has 0 aromatic heterocycles. The van der Waals surface area contributed by atoms with Crippen LogP contribution in [0.2, 0.25) is 0 Å². The lowest BCUT2D eigenvalue weighted by molar-refractivity contribution is -0.138. The molecule has 0 aliphatic rings. The molecule has 0 bridgehead atoms. The molecule has 0 aromatic carbocycles. The average Bonchev–Trinajstić information content (AvgIpc) is 2.67. The lowest BCUT2D eigenvalue weighted by Crippen LogP contribution is -2.56. The summed E-state index contributed by atoms with van der Waals surface area (Å²) in [6, 6.07) is -3.04. The second kappa shape index (κ2) is 14.3. The quantitative estimate of drug-likeness (QED) is 0.138. The van der Waals surface area contributed by atoms with Crippen LogP contribution in [0.4, 0.5) is 0 Å². The van der Waals surface area contributed by atoms with Crippen LogP contribution in [0.1, 0.15) is 46.0 Å². The van der Waals surface area contributed by atoms with Gasteiger partial charge in [0.2, 0.25) is 23.6 Å². The predicted molar refractivity (Wildman–Crippen MR) is 109 cm³/mol. The smallest absolute Gasteiger partial charge is 0.322 e. The standard InChI is InChI=1S/C18H34N6O6/c1-10(2)15(21)18(30)24-12(6-7-13(20)25)17(29)23-11(5-3-4-8-19)16(28)22-9-14(26)27/h10-12,15H,3-9,19,21H2,1-2H3,(H2,20,25)(H,22,28)(H,23,29)(H,24,30)(H,26,27). The highest BCUT2D eigenvalue weighted by molar-refractivity contribution is 5.94. The molecule has 3 unspecified atom stereocenters. The Morgan fingerprint density at radius 3 is 1.97 bits per heavy atom. The second-order valence-electron chi connectivity index (χ2n) is 7.29. The number of carboxylic acid groups (broad SMARTS) is 1. The molecule has 0 aliphatic carbocycles. The Balaban J connectivity index is 5.29. The number of carbonyl (C=O) groups is 5. The number of carboxylic acids is 1. The predicted octanol–water partition coefficient (Wildman–Crippen LogP) is -2.47. The summed E-state index contributed by atoms with van der Waals surface area (Å²) in [5.41, 5.74) is 16.4. The molecule has 0 rings (SSSR count). The molecule has 30 heavy (non-hydrogen) atoms. The molecule has 3 atom stereocenters. The number of amides is 4. The van der Waals surface area contributed by atoms with Gasteiger partial charge in [0, 0.05) is 6.42 Å². The number of rotatable bonds is 15. The number of unbranched alkanes of at least 4 members (excludes halogenated alkanes) is 1. The van der Waals surface area contributed by atoms with Gasteiger partial charge in [-0.3, -0.25) is 24.0 Å². The van der Waals surface area contributed by atoms with E-state index in [-0.39, 0.29) is 25.2 Å². The Kier molecular flexibility index (Phi) is 13.0. The van der Waals surface area contributed by atoms with Gasteiger partial charge in [-0.15, -0.1) is 0 Å². The normalized spacial score (nSPS) is 13.8. The first-order chi connectivity index (χ1) is 14.0. The first-order valence-corrected chi connectivity index (χ1v) is 9.83. The number of carbonyl (C=O) groups excluding carboxylic acids is 4. The molecule has 172 valence electrons. The summed E-state index contributed by atoms with van der Waals surface area (Å²) in [7, 11) is 0. The van der Waals surface area contributed by atoms with Gasteiger partial charge in [-0.25, -0.2) is 0 Å². The van der Waals surface area contributed by atoms with E-state index in [9.17, 15) is 24.0 Å². The molecule has 0 aliphatic heterocycles. The maximum atomic E-state index is 12.7. The zero-order valence-electron chi connectivity index (χ0n) is 17.5. The highest BCUT2D eigenvalue weighted by Gasteiger charge is 2.29. The molecule has 0 spiro atoms. The van der Waals surface area contributed by atoms with E-state index in [2.05, 4.69) is 16.0 Å². The van der Waals surface area contributed by atoms with Crippen LogP contribution in [0, 0.1) is 5.92 Å².